The Balaban J connectivity index is 1.79. The van der Waals surface area contributed by atoms with Crippen LogP contribution in [0, 0.1) is 5.92 Å². The number of nitrogens with zero attached hydrogens (tertiary/aromatic N) is 2. The van der Waals surface area contributed by atoms with Crippen LogP contribution in [0.3, 0.4) is 0 Å². The molecule has 2 fully saturated rings. The first-order valence-corrected chi connectivity index (χ1v) is 9.05. The number of carbonyl (C=O) groups excluding carboxylic acids is 2. The maximum Gasteiger partial charge on any atom is 0.416 e. The molecule has 2 saturated heterocycles. The lowest BCUT2D eigenvalue weighted by Gasteiger charge is -2.23. The van der Waals surface area contributed by atoms with Gasteiger partial charge in [-0.2, -0.15) is 26.3 Å². The molecular weight excluding hydrogens is 404 g/mol. The SMILES string of the molecule is O=C(Nc1cc(C(F)(F)F)ccc1N1CCCC1)C1CC(=O)N(CC(F)(F)F)C1. The average molecular weight is 423 g/mol. The second-order valence-electron chi connectivity index (χ2n) is 7.20. The molecule has 1 aromatic carbocycles. The minimum atomic E-state index is -4.62. The van der Waals surface area contributed by atoms with Gasteiger partial charge in [0.2, 0.25) is 11.8 Å². The van der Waals surface area contributed by atoms with Crippen LogP contribution >= 0.6 is 0 Å². The minimum Gasteiger partial charge on any atom is -0.370 e. The number of nitrogens with one attached hydrogen (secondary N) is 1. The summed E-state index contributed by atoms with van der Waals surface area (Å²) in [4.78, 5) is 26.7. The number of hydrogen-bond acceptors (Lipinski definition) is 3. The van der Waals surface area contributed by atoms with E-state index in [4.69, 9.17) is 0 Å². The van der Waals surface area contributed by atoms with Crippen molar-refractivity contribution >= 4 is 23.2 Å². The van der Waals surface area contributed by atoms with Gasteiger partial charge in [0.15, 0.2) is 0 Å². The maximum absolute atomic E-state index is 13.1. The van der Waals surface area contributed by atoms with Gasteiger partial charge in [-0.15, -0.1) is 0 Å². The molecule has 5 nitrogen and oxygen atoms in total. The summed E-state index contributed by atoms with van der Waals surface area (Å²) in [5.74, 6) is -2.65. The zero-order chi connectivity index (χ0) is 21.4. The molecule has 0 bridgehead atoms. The Hall–Kier alpha value is -2.46. The Morgan fingerprint density at radius 1 is 1.10 bits per heavy atom. The molecular formula is C18H19F6N3O2. The molecule has 0 aromatic heterocycles. The van der Waals surface area contributed by atoms with E-state index in [0.717, 1.165) is 25.0 Å². The highest BCUT2D eigenvalue weighted by Crippen LogP contribution is 2.37. The smallest absolute Gasteiger partial charge is 0.370 e. The molecule has 0 spiro atoms. The fourth-order valence-corrected chi connectivity index (χ4v) is 3.60. The van der Waals surface area contributed by atoms with Crippen LogP contribution in [-0.2, 0) is 15.8 Å². The van der Waals surface area contributed by atoms with Gasteiger partial charge in [-0.05, 0) is 31.0 Å². The molecule has 1 atom stereocenters. The summed E-state index contributed by atoms with van der Waals surface area (Å²) >= 11 is 0. The molecule has 3 rings (SSSR count). The highest BCUT2D eigenvalue weighted by molar-refractivity contribution is 5.99. The molecule has 1 N–H and O–H groups in total. The summed E-state index contributed by atoms with van der Waals surface area (Å²) in [6.07, 6.45) is -7.91. The van der Waals surface area contributed by atoms with Crippen LogP contribution < -0.4 is 10.2 Å². The number of rotatable bonds is 4. The van der Waals surface area contributed by atoms with E-state index in [1.165, 1.54) is 6.07 Å². The van der Waals surface area contributed by atoms with Crippen LogP contribution in [0.5, 0.6) is 0 Å². The van der Waals surface area contributed by atoms with Crippen molar-refractivity contribution in [3.63, 3.8) is 0 Å². The van der Waals surface area contributed by atoms with Gasteiger partial charge in [-0.25, -0.2) is 0 Å². The third-order valence-electron chi connectivity index (χ3n) is 4.98. The summed E-state index contributed by atoms with van der Waals surface area (Å²) in [5.41, 5.74) is -0.592. The summed E-state index contributed by atoms with van der Waals surface area (Å²) in [6, 6.07) is 3.02. The van der Waals surface area contributed by atoms with E-state index < -0.39 is 55.2 Å². The van der Waals surface area contributed by atoms with E-state index in [2.05, 4.69) is 5.32 Å². The van der Waals surface area contributed by atoms with Crippen LogP contribution in [0.1, 0.15) is 24.8 Å². The number of halogens is 6. The van der Waals surface area contributed by atoms with Crippen LogP contribution in [-0.4, -0.2) is 49.1 Å². The van der Waals surface area contributed by atoms with Gasteiger partial charge < -0.3 is 15.1 Å². The molecule has 11 heteroatoms. The second kappa shape index (κ2) is 7.75. The first-order valence-electron chi connectivity index (χ1n) is 9.05. The second-order valence-corrected chi connectivity index (χ2v) is 7.20. The van der Waals surface area contributed by atoms with Gasteiger partial charge >= 0.3 is 12.4 Å². The van der Waals surface area contributed by atoms with E-state index in [1.54, 1.807) is 0 Å². The third kappa shape index (κ3) is 5.13. The number of amides is 2. The van der Waals surface area contributed by atoms with Crippen LogP contribution in [0.2, 0.25) is 0 Å². The molecule has 2 amide bonds. The summed E-state index contributed by atoms with van der Waals surface area (Å²) in [5, 5.41) is 2.41. The first-order chi connectivity index (χ1) is 13.4. The largest absolute Gasteiger partial charge is 0.416 e. The van der Waals surface area contributed by atoms with Gasteiger partial charge in [0.1, 0.15) is 6.54 Å². The van der Waals surface area contributed by atoms with E-state index in [0.29, 0.717) is 23.7 Å². The Morgan fingerprint density at radius 2 is 1.76 bits per heavy atom. The van der Waals surface area contributed by atoms with Crippen molar-refractivity contribution in [2.24, 2.45) is 5.92 Å². The van der Waals surface area contributed by atoms with E-state index in [9.17, 15) is 35.9 Å². The monoisotopic (exact) mass is 423 g/mol. The lowest BCUT2D eigenvalue weighted by molar-refractivity contribution is -0.157. The zero-order valence-electron chi connectivity index (χ0n) is 15.2. The zero-order valence-corrected chi connectivity index (χ0v) is 15.2. The topological polar surface area (TPSA) is 52.7 Å². The van der Waals surface area contributed by atoms with Gasteiger partial charge in [0.25, 0.3) is 0 Å². The van der Waals surface area contributed by atoms with Crippen molar-refractivity contribution in [3.8, 4) is 0 Å². The Kier molecular flexibility index (Phi) is 5.68. The molecule has 1 unspecified atom stereocenters. The lowest BCUT2D eigenvalue weighted by atomic mass is 10.1. The fraction of sp³-hybridized carbons (Fsp3) is 0.556. The van der Waals surface area contributed by atoms with E-state index in [1.807, 2.05) is 4.90 Å². The Labute approximate surface area is 162 Å². The van der Waals surface area contributed by atoms with Crippen molar-refractivity contribution in [2.75, 3.05) is 36.4 Å². The molecule has 2 heterocycles. The average Bonchev–Trinajstić information content (AvgIpc) is 3.23. The highest BCUT2D eigenvalue weighted by Gasteiger charge is 2.41. The summed E-state index contributed by atoms with van der Waals surface area (Å²) in [6.45, 7) is -0.647. The third-order valence-corrected chi connectivity index (χ3v) is 4.98. The predicted octanol–water partition coefficient (Wildman–Crippen LogP) is 3.65. The van der Waals surface area contributed by atoms with Gasteiger partial charge in [-0.1, -0.05) is 0 Å². The maximum atomic E-state index is 13.1. The molecule has 1 aromatic rings. The Bertz CT molecular complexity index is 787. The molecule has 2 aliphatic heterocycles. The van der Waals surface area contributed by atoms with Crippen LogP contribution in [0.25, 0.3) is 0 Å². The van der Waals surface area contributed by atoms with E-state index >= 15 is 0 Å². The molecule has 160 valence electrons. The van der Waals surface area contributed by atoms with Crippen molar-refractivity contribution < 1.29 is 35.9 Å². The summed E-state index contributed by atoms with van der Waals surface area (Å²) < 4.78 is 76.9. The summed E-state index contributed by atoms with van der Waals surface area (Å²) in [7, 11) is 0. The predicted molar refractivity (Wildman–Crippen MR) is 92.3 cm³/mol. The van der Waals surface area contributed by atoms with Crippen molar-refractivity contribution in [1.82, 2.24) is 4.90 Å². The number of likely N-dealkylation sites (tertiary alicyclic amines) is 1. The standard InChI is InChI=1S/C18H19F6N3O2/c19-17(20,21)10-27-9-11(7-15(27)28)16(29)25-13-8-12(18(22,23)24)3-4-14(13)26-5-1-2-6-26/h3-4,8,11H,1-2,5-7,9-10H2,(H,25,29). The molecule has 0 aliphatic carbocycles. The molecule has 2 aliphatic rings. The van der Waals surface area contributed by atoms with E-state index in [-0.39, 0.29) is 5.69 Å². The van der Waals surface area contributed by atoms with Crippen molar-refractivity contribution in [2.45, 2.75) is 31.6 Å². The number of alkyl halides is 6. The lowest BCUT2D eigenvalue weighted by Crippen LogP contribution is -2.36. The normalized spacial score (nSPS) is 20.5. The number of anilines is 2. The minimum absolute atomic E-state index is 0.0616. The van der Waals surface area contributed by atoms with Gasteiger partial charge in [-0.3, -0.25) is 9.59 Å². The molecule has 29 heavy (non-hydrogen) atoms. The van der Waals surface area contributed by atoms with Gasteiger partial charge in [0, 0.05) is 26.1 Å². The van der Waals surface area contributed by atoms with Crippen LogP contribution in [0.15, 0.2) is 18.2 Å². The van der Waals surface area contributed by atoms with Crippen LogP contribution in [0.4, 0.5) is 37.7 Å². The molecule has 0 saturated carbocycles. The number of benzene rings is 1. The van der Waals surface area contributed by atoms with Crippen molar-refractivity contribution in [1.29, 1.82) is 0 Å². The number of hydrogen-bond donors (Lipinski definition) is 1. The first kappa shape index (κ1) is 21.3. The molecule has 0 radical (unpaired) electrons. The quantitative estimate of drug-likeness (QED) is 0.753. The number of carbonyl (C=O) groups is 2. The van der Waals surface area contributed by atoms with Gasteiger partial charge in [0.05, 0.1) is 22.9 Å². The Morgan fingerprint density at radius 3 is 2.34 bits per heavy atom. The fourth-order valence-electron chi connectivity index (χ4n) is 3.60. The van der Waals surface area contributed by atoms with Crippen molar-refractivity contribution in [3.05, 3.63) is 23.8 Å². The highest BCUT2D eigenvalue weighted by atomic mass is 19.4.